The molecule has 8 nitrogen and oxygen atoms in total. The van der Waals surface area contributed by atoms with E-state index in [-0.39, 0.29) is 30.6 Å². The molecule has 2 N–H and O–H groups in total. The molecule has 1 fully saturated rings. The Morgan fingerprint density at radius 1 is 1.18 bits per heavy atom. The van der Waals surface area contributed by atoms with E-state index in [9.17, 15) is 35.9 Å². The van der Waals surface area contributed by atoms with Gasteiger partial charge in [-0.1, -0.05) is 13.8 Å². The van der Waals surface area contributed by atoms with Crippen molar-refractivity contribution in [1.82, 2.24) is 25.2 Å². The van der Waals surface area contributed by atoms with Crippen LogP contribution in [0.4, 0.5) is 31.1 Å². The van der Waals surface area contributed by atoms with E-state index in [0.29, 0.717) is 5.56 Å². The molecule has 0 radical (unpaired) electrons. The molecule has 3 heterocycles. The van der Waals surface area contributed by atoms with Gasteiger partial charge < -0.3 is 15.4 Å². The van der Waals surface area contributed by atoms with E-state index < -0.39 is 59.8 Å². The van der Waals surface area contributed by atoms with Gasteiger partial charge in [0.25, 0.3) is 0 Å². The average Bonchev–Trinajstić information content (AvgIpc) is 3.32. The first-order valence-corrected chi connectivity index (χ1v) is 12.0. The molecule has 14 heteroatoms. The molecule has 3 atom stereocenters. The highest BCUT2D eigenvalue weighted by Gasteiger charge is 2.48. The Kier molecular flexibility index (Phi) is 7.96. The van der Waals surface area contributed by atoms with Gasteiger partial charge in [0.05, 0.1) is 29.5 Å². The van der Waals surface area contributed by atoms with Crippen LogP contribution in [0, 0.1) is 11.3 Å². The van der Waals surface area contributed by atoms with E-state index in [1.165, 1.54) is 23.0 Å². The number of hydrogen-bond acceptors (Lipinski definition) is 5. The average molecular weight is 552 g/mol. The van der Waals surface area contributed by atoms with Gasteiger partial charge in [-0.25, -0.2) is 14.3 Å². The molecule has 2 aromatic heterocycles. The van der Waals surface area contributed by atoms with E-state index in [1.54, 1.807) is 20.8 Å². The number of alkyl halides is 6. The monoisotopic (exact) mass is 551 g/mol. The summed E-state index contributed by atoms with van der Waals surface area (Å²) in [5.41, 5.74) is -1.91. The highest BCUT2D eigenvalue weighted by atomic mass is 19.4. The second kappa shape index (κ2) is 10.3. The van der Waals surface area contributed by atoms with Gasteiger partial charge in [0, 0.05) is 5.92 Å². The zero-order chi connectivity index (χ0) is 28.7. The molecule has 0 saturated carbocycles. The molecule has 2 aromatic rings. The fourth-order valence-corrected chi connectivity index (χ4v) is 4.02. The molecule has 1 unspecified atom stereocenters. The lowest BCUT2D eigenvalue weighted by Crippen LogP contribution is -2.38. The fraction of sp³-hybridized carbons (Fsp3) is 0.667. The van der Waals surface area contributed by atoms with Crippen LogP contribution in [0.15, 0.2) is 18.5 Å². The van der Waals surface area contributed by atoms with E-state index >= 15 is 0 Å². The molecule has 212 valence electrons. The van der Waals surface area contributed by atoms with Gasteiger partial charge in [-0.2, -0.15) is 31.4 Å². The SMILES string of the molecule is CC(C)(C)OC(=O)N[C@@H](CCC(C)(C)C(F)(F)F)c1cn2ncc(CC3C[C@@H](C(F)(F)F)NC3=O)cc2n1. The van der Waals surface area contributed by atoms with Crippen LogP contribution in [0.3, 0.4) is 0 Å². The number of hydrogen-bond donors (Lipinski definition) is 2. The fourth-order valence-electron chi connectivity index (χ4n) is 4.02. The smallest absolute Gasteiger partial charge is 0.408 e. The zero-order valence-corrected chi connectivity index (χ0v) is 21.6. The lowest BCUT2D eigenvalue weighted by molar-refractivity contribution is -0.214. The van der Waals surface area contributed by atoms with Crippen molar-refractivity contribution in [1.29, 1.82) is 0 Å². The summed E-state index contributed by atoms with van der Waals surface area (Å²) in [5.74, 6) is -1.60. The van der Waals surface area contributed by atoms with Gasteiger partial charge in [-0.3, -0.25) is 4.79 Å². The van der Waals surface area contributed by atoms with Crippen LogP contribution in [0.25, 0.3) is 5.65 Å². The number of nitrogens with zero attached hydrogens (tertiary/aromatic N) is 3. The molecule has 1 aliphatic rings. The number of aromatic nitrogens is 3. The number of ether oxygens (including phenoxy) is 1. The number of rotatable bonds is 7. The number of halogens is 6. The standard InChI is InChI=1S/C24H31F6N5O3/c1-21(2,3)38-20(37)33-15(6-7-22(4,5)24(28,29)30)16-12-35-18(32-16)9-13(11-31-35)8-14-10-17(23(25,26)27)34-19(14)36/h9,11-12,14-15,17H,6-8,10H2,1-5H3,(H,33,37)(H,34,36)/t14?,15-,17-/m0/s1. The molecule has 1 saturated heterocycles. The normalized spacial score (nSPS) is 19.9. The number of imidazole rings is 1. The molecular weight excluding hydrogens is 520 g/mol. The Bertz CT molecular complexity index is 1170. The van der Waals surface area contributed by atoms with E-state index in [4.69, 9.17) is 4.74 Å². The summed E-state index contributed by atoms with van der Waals surface area (Å²) >= 11 is 0. The highest BCUT2D eigenvalue weighted by Crippen LogP contribution is 2.42. The van der Waals surface area contributed by atoms with Crippen molar-refractivity contribution in [2.45, 2.75) is 90.3 Å². The van der Waals surface area contributed by atoms with Crippen LogP contribution in [0.2, 0.25) is 0 Å². The molecule has 2 amide bonds. The number of nitrogens with one attached hydrogen (secondary N) is 2. The quantitative estimate of drug-likeness (QED) is 0.457. The number of fused-ring (bicyclic) bond motifs is 1. The number of amides is 2. The Morgan fingerprint density at radius 3 is 2.39 bits per heavy atom. The van der Waals surface area contributed by atoms with Gasteiger partial charge in [-0.05, 0) is 58.1 Å². The van der Waals surface area contributed by atoms with Crippen molar-refractivity contribution in [3.8, 4) is 0 Å². The van der Waals surface area contributed by atoms with Gasteiger partial charge in [-0.15, -0.1) is 0 Å². The molecule has 3 rings (SSSR count). The number of carbonyl (C=O) groups excluding carboxylic acids is 2. The molecule has 38 heavy (non-hydrogen) atoms. The van der Waals surface area contributed by atoms with Crippen LogP contribution in [-0.2, 0) is 16.0 Å². The first-order chi connectivity index (χ1) is 17.2. The zero-order valence-electron chi connectivity index (χ0n) is 21.6. The van der Waals surface area contributed by atoms with Crippen molar-refractivity contribution in [3.63, 3.8) is 0 Å². The summed E-state index contributed by atoms with van der Waals surface area (Å²) in [4.78, 5) is 28.9. The first-order valence-electron chi connectivity index (χ1n) is 12.0. The maximum Gasteiger partial charge on any atom is 0.408 e. The van der Waals surface area contributed by atoms with Crippen LogP contribution in [0.1, 0.15) is 71.2 Å². The molecule has 0 aromatic carbocycles. The van der Waals surface area contributed by atoms with Gasteiger partial charge in [0.15, 0.2) is 5.65 Å². The molecule has 0 spiro atoms. The second-order valence-electron chi connectivity index (χ2n) is 11.2. The predicted molar refractivity (Wildman–Crippen MR) is 124 cm³/mol. The van der Waals surface area contributed by atoms with Crippen molar-refractivity contribution < 1.29 is 40.7 Å². The van der Waals surface area contributed by atoms with Crippen molar-refractivity contribution in [3.05, 3.63) is 29.7 Å². The summed E-state index contributed by atoms with van der Waals surface area (Å²) < 4.78 is 85.8. The topological polar surface area (TPSA) is 97.6 Å². The first kappa shape index (κ1) is 29.5. The van der Waals surface area contributed by atoms with Crippen molar-refractivity contribution >= 4 is 17.6 Å². The Morgan fingerprint density at radius 2 is 1.84 bits per heavy atom. The lowest BCUT2D eigenvalue weighted by atomic mass is 9.85. The molecule has 1 aliphatic heterocycles. The van der Waals surface area contributed by atoms with Gasteiger partial charge >= 0.3 is 18.4 Å². The largest absolute Gasteiger partial charge is 0.444 e. The van der Waals surface area contributed by atoms with Crippen molar-refractivity contribution in [2.24, 2.45) is 11.3 Å². The summed E-state index contributed by atoms with van der Waals surface area (Å²) in [6.45, 7) is 7.07. The van der Waals surface area contributed by atoms with Crippen LogP contribution in [-0.4, -0.2) is 50.6 Å². The summed E-state index contributed by atoms with van der Waals surface area (Å²) in [7, 11) is 0. The van der Waals surface area contributed by atoms with Gasteiger partial charge in [0.1, 0.15) is 11.6 Å². The minimum absolute atomic E-state index is 0.00344. The second-order valence-corrected chi connectivity index (χ2v) is 11.2. The van der Waals surface area contributed by atoms with Crippen LogP contribution < -0.4 is 10.6 Å². The summed E-state index contributed by atoms with van der Waals surface area (Å²) in [5, 5.41) is 8.72. The summed E-state index contributed by atoms with van der Waals surface area (Å²) in [6, 6.07) is -1.31. The Balaban J connectivity index is 1.82. The minimum atomic E-state index is -4.54. The maximum atomic E-state index is 13.4. The molecule has 0 bridgehead atoms. The number of alkyl carbamates (subject to hydrolysis) is 1. The third kappa shape index (κ3) is 7.28. The van der Waals surface area contributed by atoms with Crippen LogP contribution >= 0.6 is 0 Å². The van der Waals surface area contributed by atoms with E-state index in [1.807, 2.05) is 5.32 Å². The van der Waals surface area contributed by atoms with Crippen molar-refractivity contribution in [2.75, 3.05) is 0 Å². The number of carbonyl (C=O) groups is 2. The predicted octanol–water partition coefficient (Wildman–Crippen LogP) is 5.27. The van der Waals surface area contributed by atoms with Crippen LogP contribution in [0.5, 0.6) is 0 Å². The van der Waals surface area contributed by atoms with E-state index in [2.05, 4.69) is 15.4 Å². The third-order valence-electron chi connectivity index (χ3n) is 6.35. The highest BCUT2D eigenvalue weighted by molar-refractivity contribution is 5.81. The third-order valence-corrected chi connectivity index (χ3v) is 6.35. The molecular formula is C24H31F6N5O3. The van der Waals surface area contributed by atoms with Gasteiger partial charge in [0.2, 0.25) is 5.91 Å². The minimum Gasteiger partial charge on any atom is -0.444 e. The lowest BCUT2D eigenvalue weighted by Gasteiger charge is -2.29. The maximum absolute atomic E-state index is 13.4. The summed E-state index contributed by atoms with van der Waals surface area (Å²) in [6.07, 6.45) is -7.82. The van der Waals surface area contributed by atoms with E-state index in [0.717, 1.165) is 13.8 Å². The Labute approximate surface area is 215 Å². The Hall–Kier alpha value is -3.06. The molecule has 0 aliphatic carbocycles.